The number of benzene rings is 1. The van der Waals surface area contributed by atoms with Crippen LogP contribution in [0.1, 0.15) is 30.9 Å². The van der Waals surface area contributed by atoms with Gasteiger partial charge in [0.1, 0.15) is 6.10 Å². The number of hydroxylamine groups is 2. The van der Waals surface area contributed by atoms with Gasteiger partial charge in [0.15, 0.2) is 0 Å². The summed E-state index contributed by atoms with van der Waals surface area (Å²) >= 11 is 0. The van der Waals surface area contributed by atoms with E-state index in [1.807, 2.05) is 30.3 Å². The SMILES string of the molecule is C=C1CCCC(=C)N1OC(CO)c1ccccc1. The third kappa shape index (κ3) is 2.81. The van der Waals surface area contributed by atoms with Gasteiger partial charge < -0.3 is 5.11 Å². The molecule has 0 saturated carbocycles. The van der Waals surface area contributed by atoms with Gasteiger partial charge in [0.2, 0.25) is 0 Å². The van der Waals surface area contributed by atoms with Crippen LogP contribution in [0.2, 0.25) is 0 Å². The Morgan fingerprint density at radius 1 is 1.17 bits per heavy atom. The van der Waals surface area contributed by atoms with Gasteiger partial charge in [-0.3, -0.25) is 4.84 Å². The summed E-state index contributed by atoms with van der Waals surface area (Å²) in [6, 6.07) is 9.69. The zero-order chi connectivity index (χ0) is 13.0. The van der Waals surface area contributed by atoms with Gasteiger partial charge in [-0.1, -0.05) is 43.5 Å². The fourth-order valence-corrected chi connectivity index (χ4v) is 2.07. The second kappa shape index (κ2) is 5.85. The number of hydrogen-bond acceptors (Lipinski definition) is 3. The van der Waals surface area contributed by atoms with Gasteiger partial charge in [0, 0.05) is 11.4 Å². The van der Waals surface area contributed by atoms with Crippen LogP contribution in [-0.2, 0) is 4.84 Å². The Morgan fingerprint density at radius 3 is 2.33 bits per heavy atom. The maximum atomic E-state index is 9.47. The predicted octanol–water partition coefficient (Wildman–Crippen LogP) is 3.16. The average molecular weight is 245 g/mol. The number of piperidine rings is 1. The minimum Gasteiger partial charge on any atom is -0.393 e. The number of nitrogens with zero attached hydrogens (tertiary/aromatic N) is 1. The summed E-state index contributed by atoms with van der Waals surface area (Å²) in [7, 11) is 0. The Morgan fingerprint density at radius 2 is 1.78 bits per heavy atom. The third-order valence-corrected chi connectivity index (χ3v) is 3.07. The van der Waals surface area contributed by atoms with E-state index in [4.69, 9.17) is 4.84 Å². The monoisotopic (exact) mass is 245 g/mol. The minimum atomic E-state index is -0.377. The van der Waals surface area contributed by atoms with E-state index in [1.54, 1.807) is 5.06 Å². The highest BCUT2D eigenvalue weighted by molar-refractivity contribution is 5.18. The van der Waals surface area contributed by atoms with Crippen LogP contribution in [-0.4, -0.2) is 16.8 Å². The Hall–Kier alpha value is -1.58. The maximum Gasteiger partial charge on any atom is 0.134 e. The van der Waals surface area contributed by atoms with Gasteiger partial charge >= 0.3 is 0 Å². The van der Waals surface area contributed by atoms with Crippen LogP contribution in [0.3, 0.4) is 0 Å². The third-order valence-electron chi connectivity index (χ3n) is 3.07. The molecule has 0 amide bonds. The van der Waals surface area contributed by atoms with E-state index in [-0.39, 0.29) is 12.7 Å². The second-order valence-electron chi connectivity index (χ2n) is 4.47. The van der Waals surface area contributed by atoms with Gasteiger partial charge in [-0.05, 0) is 24.8 Å². The Kier molecular flexibility index (Phi) is 4.18. The normalized spacial score (nSPS) is 17.9. The van der Waals surface area contributed by atoms with E-state index in [2.05, 4.69) is 13.2 Å². The largest absolute Gasteiger partial charge is 0.393 e. The average Bonchev–Trinajstić information content (AvgIpc) is 2.40. The second-order valence-corrected chi connectivity index (χ2v) is 4.47. The highest BCUT2D eigenvalue weighted by Gasteiger charge is 2.22. The van der Waals surface area contributed by atoms with Crippen molar-refractivity contribution < 1.29 is 9.94 Å². The van der Waals surface area contributed by atoms with E-state index in [1.165, 1.54) is 0 Å². The summed E-state index contributed by atoms with van der Waals surface area (Å²) in [4.78, 5) is 5.84. The molecule has 1 aromatic rings. The van der Waals surface area contributed by atoms with Gasteiger partial charge in [-0.25, -0.2) is 5.06 Å². The molecule has 1 saturated heterocycles. The molecule has 0 radical (unpaired) electrons. The number of allylic oxidation sites excluding steroid dienone is 2. The Balaban J connectivity index is 2.10. The molecular formula is C15H19NO2. The molecule has 0 aromatic heterocycles. The van der Waals surface area contributed by atoms with Crippen LogP contribution in [0.4, 0.5) is 0 Å². The molecular weight excluding hydrogens is 226 g/mol. The van der Waals surface area contributed by atoms with E-state index >= 15 is 0 Å². The smallest absolute Gasteiger partial charge is 0.134 e. The van der Waals surface area contributed by atoms with Gasteiger partial charge in [-0.15, -0.1) is 0 Å². The number of rotatable bonds is 4. The van der Waals surface area contributed by atoms with E-state index in [0.717, 1.165) is 36.2 Å². The number of aliphatic hydroxyl groups is 1. The molecule has 0 spiro atoms. The molecule has 2 rings (SSSR count). The van der Waals surface area contributed by atoms with Crippen molar-refractivity contribution in [2.24, 2.45) is 0 Å². The van der Waals surface area contributed by atoms with Gasteiger partial charge in [-0.2, -0.15) is 0 Å². The summed E-state index contributed by atoms with van der Waals surface area (Å²) < 4.78 is 0. The lowest BCUT2D eigenvalue weighted by Crippen LogP contribution is -2.28. The molecule has 0 bridgehead atoms. The standard InChI is InChI=1S/C15H19NO2/c1-12-7-6-8-13(2)16(12)18-15(11-17)14-9-4-3-5-10-14/h3-5,9-10,15,17H,1-2,6-8,11H2. The zero-order valence-corrected chi connectivity index (χ0v) is 10.5. The van der Waals surface area contributed by atoms with Crippen molar-refractivity contribution in [1.29, 1.82) is 0 Å². The summed E-state index contributed by atoms with van der Waals surface area (Å²) in [5.74, 6) is 0. The summed E-state index contributed by atoms with van der Waals surface area (Å²) in [6.07, 6.45) is 2.50. The molecule has 1 N–H and O–H groups in total. The predicted molar refractivity (Wildman–Crippen MR) is 71.3 cm³/mol. The van der Waals surface area contributed by atoms with Crippen molar-refractivity contribution in [3.8, 4) is 0 Å². The first-order chi connectivity index (χ1) is 8.72. The molecule has 3 heteroatoms. The fraction of sp³-hybridized carbons (Fsp3) is 0.333. The van der Waals surface area contributed by atoms with Crippen LogP contribution >= 0.6 is 0 Å². The topological polar surface area (TPSA) is 32.7 Å². The van der Waals surface area contributed by atoms with Crippen molar-refractivity contribution in [3.05, 3.63) is 60.4 Å². The van der Waals surface area contributed by atoms with Crippen molar-refractivity contribution in [3.63, 3.8) is 0 Å². The molecule has 1 aliphatic rings. The van der Waals surface area contributed by atoms with Crippen LogP contribution in [0.15, 0.2) is 54.9 Å². The Bertz CT molecular complexity index is 411. The first kappa shape index (κ1) is 12.9. The first-order valence-electron chi connectivity index (χ1n) is 6.20. The zero-order valence-electron chi connectivity index (χ0n) is 10.5. The molecule has 18 heavy (non-hydrogen) atoms. The van der Waals surface area contributed by atoms with E-state index in [9.17, 15) is 5.11 Å². The minimum absolute atomic E-state index is 0.0684. The molecule has 1 aromatic carbocycles. The van der Waals surface area contributed by atoms with Crippen molar-refractivity contribution in [2.45, 2.75) is 25.4 Å². The van der Waals surface area contributed by atoms with Crippen molar-refractivity contribution in [1.82, 2.24) is 5.06 Å². The molecule has 1 aliphatic heterocycles. The van der Waals surface area contributed by atoms with Gasteiger partial charge in [0.25, 0.3) is 0 Å². The maximum absolute atomic E-state index is 9.47. The van der Waals surface area contributed by atoms with Crippen LogP contribution in [0.5, 0.6) is 0 Å². The fourth-order valence-electron chi connectivity index (χ4n) is 2.07. The van der Waals surface area contributed by atoms with Gasteiger partial charge in [0.05, 0.1) is 6.61 Å². The van der Waals surface area contributed by atoms with Crippen LogP contribution in [0, 0.1) is 0 Å². The molecule has 1 unspecified atom stereocenters. The lowest BCUT2D eigenvalue weighted by atomic mass is 10.1. The molecule has 1 heterocycles. The van der Waals surface area contributed by atoms with Crippen molar-refractivity contribution >= 4 is 0 Å². The quantitative estimate of drug-likeness (QED) is 0.884. The summed E-state index contributed by atoms with van der Waals surface area (Å²) in [5.41, 5.74) is 2.76. The highest BCUT2D eigenvalue weighted by Crippen LogP contribution is 2.30. The first-order valence-corrected chi connectivity index (χ1v) is 6.20. The lowest BCUT2D eigenvalue weighted by Gasteiger charge is -2.34. The molecule has 1 fully saturated rings. The highest BCUT2D eigenvalue weighted by atomic mass is 16.7. The lowest BCUT2D eigenvalue weighted by molar-refractivity contribution is -0.172. The number of aliphatic hydroxyl groups excluding tert-OH is 1. The van der Waals surface area contributed by atoms with Crippen LogP contribution < -0.4 is 0 Å². The summed E-state index contributed by atoms with van der Waals surface area (Å²) in [6.45, 7) is 7.90. The molecule has 96 valence electrons. The van der Waals surface area contributed by atoms with Crippen LogP contribution in [0.25, 0.3) is 0 Å². The van der Waals surface area contributed by atoms with Crippen molar-refractivity contribution in [2.75, 3.05) is 6.61 Å². The number of hydrogen-bond donors (Lipinski definition) is 1. The van der Waals surface area contributed by atoms with E-state index in [0.29, 0.717) is 0 Å². The Labute approximate surface area is 108 Å². The molecule has 3 nitrogen and oxygen atoms in total. The van der Waals surface area contributed by atoms with E-state index < -0.39 is 0 Å². The molecule has 1 atom stereocenters. The molecule has 0 aliphatic carbocycles. The summed E-state index contributed by atoms with van der Waals surface area (Å²) in [5, 5.41) is 11.1.